The molecule has 1 rings (SSSR count). The molecular formula is C29H52O12S. The summed E-state index contributed by atoms with van der Waals surface area (Å²) in [5, 5.41) is 0. The first-order valence-corrected chi connectivity index (χ1v) is 16.1. The zero-order valence-electron chi connectivity index (χ0n) is 25.4. The standard InChI is InChI=1S/C29H52O12S/c1-3-28(2)27-40-24-23-38-20-19-36-16-15-34-12-11-32-9-10-33-13-14-35-17-18-37-21-22-39-25-26-41-42(30,31)29-7-5-4-6-8-29/h4-8,28H,3,9-27H2,1-2H3. The summed E-state index contributed by atoms with van der Waals surface area (Å²) in [5.41, 5.74) is 0. The molecule has 0 spiro atoms. The molecule has 1 aromatic carbocycles. The molecule has 13 heteroatoms. The third-order valence-electron chi connectivity index (χ3n) is 5.57. The maximum absolute atomic E-state index is 11.9. The molecule has 0 aliphatic rings. The maximum Gasteiger partial charge on any atom is 0.297 e. The predicted molar refractivity (Wildman–Crippen MR) is 156 cm³/mol. The van der Waals surface area contributed by atoms with E-state index in [1.165, 1.54) is 12.1 Å². The van der Waals surface area contributed by atoms with Crippen molar-refractivity contribution in [2.45, 2.75) is 25.2 Å². The van der Waals surface area contributed by atoms with Crippen LogP contribution < -0.4 is 0 Å². The van der Waals surface area contributed by atoms with Gasteiger partial charge in [-0.3, -0.25) is 4.18 Å². The largest absolute Gasteiger partial charge is 0.379 e. The van der Waals surface area contributed by atoms with E-state index >= 15 is 0 Å². The fourth-order valence-electron chi connectivity index (χ4n) is 3.02. The second-order valence-electron chi connectivity index (χ2n) is 9.08. The van der Waals surface area contributed by atoms with E-state index in [0.29, 0.717) is 112 Å². The molecule has 0 bridgehead atoms. The lowest BCUT2D eigenvalue weighted by molar-refractivity contribution is -0.0258. The van der Waals surface area contributed by atoms with Gasteiger partial charge in [0.1, 0.15) is 0 Å². The number of hydrogen-bond acceptors (Lipinski definition) is 12. The van der Waals surface area contributed by atoms with Crippen LogP contribution in [0.25, 0.3) is 0 Å². The fourth-order valence-corrected chi connectivity index (χ4v) is 3.93. The van der Waals surface area contributed by atoms with Crippen LogP contribution in [0, 0.1) is 5.92 Å². The SMILES string of the molecule is CCC(C)COCCOCCOCCOCCOCCOCCOCCOCCOCCOS(=O)(=O)c1ccccc1. The van der Waals surface area contributed by atoms with Crippen molar-refractivity contribution in [3.05, 3.63) is 30.3 Å². The van der Waals surface area contributed by atoms with E-state index in [2.05, 4.69) is 13.8 Å². The Morgan fingerprint density at radius 3 is 1.14 bits per heavy atom. The number of hydrogen-bond donors (Lipinski definition) is 0. The minimum atomic E-state index is -3.75. The van der Waals surface area contributed by atoms with Crippen LogP contribution in [0.5, 0.6) is 0 Å². The van der Waals surface area contributed by atoms with Gasteiger partial charge in [0.2, 0.25) is 0 Å². The topological polar surface area (TPSA) is 126 Å². The summed E-state index contributed by atoms with van der Waals surface area (Å²) in [6.45, 7) is 13.1. The van der Waals surface area contributed by atoms with E-state index in [9.17, 15) is 8.42 Å². The Kier molecular flexibility index (Phi) is 26.4. The van der Waals surface area contributed by atoms with Crippen molar-refractivity contribution >= 4 is 10.1 Å². The van der Waals surface area contributed by atoms with Gasteiger partial charge >= 0.3 is 0 Å². The summed E-state index contributed by atoms with van der Waals surface area (Å²) >= 11 is 0. The third-order valence-corrected chi connectivity index (χ3v) is 6.90. The van der Waals surface area contributed by atoms with Crippen molar-refractivity contribution in [3.8, 4) is 0 Å². The molecule has 0 amide bonds. The van der Waals surface area contributed by atoms with E-state index in [4.69, 9.17) is 46.8 Å². The van der Waals surface area contributed by atoms with Crippen LogP contribution in [0.3, 0.4) is 0 Å². The lowest BCUT2D eigenvalue weighted by Crippen LogP contribution is -2.15. The molecule has 0 fully saturated rings. The maximum atomic E-state index is 11.9. The van der Waals surface area contributed by atoms with Crippen LogP contribution in [0.1, 0.15) is 20.3 Å². The lowest BCUT2D eigenvalue weighted by Gasteiger charge is -2.10. The van der Waals surface area contributed by atoms with Gasteiger partial charge in [0.15, 0.2) is 0 Å². The monoisotopic (exact) mass is 624 g/mol. The molecule has 0 N–H and O–H groups in total. The van der Waals surface area contributed by atoms with Gasteiger partial charge in [0.25, 0.3) is 10.1 Å². The highest BCUT2D eigenvalue weighted by atomic mass is 32.2. The molecule has 0 heterocycles. The van der Waals surface area contributed by atoms with Crippen LogP contribution in [-0.2, 0) is 56.9 Å². The van der Waals surface area contributed by atoms with Gasteiger partial charge in [-0.15, -0.1) is 0 Å². The number of ether oxygens (including phenoxy) is 9. The van der Waals surface area contributed by atoms with Gasteiger partial charge in [-0.2, -0.15) is 8.42 Å². The smallest absolute Gasteiger partial charge is 0.297 e. The Hall–Kier alpha value is -1.23. The van der Waals surface area contributed by atoms with Crippen molar-refractivity contribution in [1.82, 2.24) is 0 Å². The second-order valence-corrected chi connectivity index (χ2v) is 10.7. The molecule has 0 aliphatic heterocycles. The summed E-state index contributed by atoms with van der Waals surface area (Å²) in [5.74, 6) is 0.591. The fraction of sp³-hybridized carbons (Fsp3) is 0.793. The molecule has 0 saturated heterocycles. The van der Waals surface area contributed by atoms with Gasteiger partial charge in [0, 0.05) is 6.61 Å². The summed E-state index contributed by atoms with van der Waals surface area (Å²) in [4.78, 5) is 0.123. The van der Waals surface area contributed by atoms with E-state index in [0.717, 1.165) is 13.0 Å². The Bertz CT molecular complexity index is 797. The third kappa shape index (κ3) is 24.2. The molecule has 0 aromatic heterocycles. The van der Waals surface area contributed by atoms with Gasteiger partial charge < -0.3 is 42.6 Å². The molecule has 1 aromatic rings. The Morgan fingerprint density at radius 2 is 0.810 bits per heavy atom. The molecule has 0 aliphatic carbocycles. The molecule has 246 valence electrons. The normalized spacial score (nSPS) is 12.6. The first-order valence-electron chi connectivity index (χ1n) is 14.7. The first kappa shape index (κ1) is 38.8. The van der Waals surface area contributed by atoms with Crippen LogP contribution in [-0.4, -0.2) is 134 Å². The van der Waals surface area contributed by atoms with Gasteiger partial charge in [-0.1, -0.05) is 38.5 Å². The molecule has 0 radical (unpaired) electrons. The molecule has 1 atom stereocenters. The minimum Gasteiger partial charge on any atom is -0.379 e. The van der Waals surface area contributed by atoms with E-state index in [-0.39, 0.29) is 18.1 Å². The van der Waals surface area contributed by atoms with Crippen molar-refractivity contribution in [1.29, 1.82) is 0 Å². The Balaban J connectivity index is 1.69. The Morgan fingerprint density at radius 1 is 0.500 bits per heavy atom. The van der Waals surface area contributed by atoms with Crippen LogP contribution in [0.2, 0.25) is 0 Å². The molecule has 0 saturated carbocycles. The summed E-state index contributed by atoms with van der Waals surface area (Å²) in [6, 6.07) is 7.99. The average molecular weight is 625 g/mol. The molecular weight excluding hydrogens is 572 g/mol. The number of rotatable bonds is 32. The highest BCUT2D eigenvalue weighted by Crippen LogP contribution is 2.10. The lowest BCUT2D eigenvalue weighted by atomic mass is 10.1. The first-order chi connectivity index (χ1) is 20.6. The summed E-state index contributed by atoms with van der Waals surface area (Å²) in [7, 11) is -3.75. The number of benzene rings is 1. The average Bonchev–Trinajstić information content (AvgIpc) is 3.00. The van der Waals surface area contributed by atoms with Crippen molar-refractivity contribution in [2.75, 3.05) is 126 Å². The highest BCUT2D eigenvalue weighted by molar-refractivity contribution is 7.86. The van der Waals surface area contributed by atoms with Crippen LogP contribution >= 0.6 is 0 Å². The van der Waals surface area contributed by atoms with Crippen LogP contribution in [0.4, 0.5) is 0 Å². The quantitative estimate of drug-likeness (QED) is 0.0864. The van der Waals surface area contributed by atoms with E-state index < -0.39 is 10.1 Å². The van der Waals surface area contributed by atoms with E-state index in [1.54, 1.807) is 18.2 Å². The highest BCUT2D eigenvalue weighted by Gasteiger charge is 2.13. The Labute approximate surface area is 252 Å². The minimum absolute atomic E-state index is 0.0541. The zero-order valence-corrected chi connectivity index (χ0v) is 26.2. The molecule has 42 heavy (non-hydrogen) atoms. The van der Waals surface area contributed by atoms with Gasteiger partial charge in [-0.25, -0.2) is 0 Å². The predicted octanol–water partition coefficient (Wildman–Crippen LogP) is 2.59. The van der Waals surface area contributed by atoms with Crippen molar-refractivity contribution < 1.29 is 55.2 Å². The zero-order chi connectivity index (χ0) is 30.4. The summed E-state index contributed by atoms with van der Waals surface area (Å²) in [6.07, 6.45) is 1.13. The molecule has 12 nitrogen and oxygen atoms in total. The molecule has 1 unspecified atom stereocenters. The van der Waals surface area contributed by atoms with Gasteiger partial charge in [0.05, 0.1) is 124 Å². The van der Waals surface area contributed by atoms with Crippen LogP contribution in [0.15, 0.2) is 35.2 Å². The van der Waals surface area contributed by atoms with E-state index in [1.807, 2.05) is 0 Å². The summed E-state index contributed by atoms with van der Waals surface area (Å²) < 4.78 is 77.8. The van der Waals surface area contributed by atoms with Crippen molar-refractivity contribution in [2.24, 2.45) is 5.92 Å². The van der Waals surface area contributed by atoms with Crippen molar-refractivity contribution in [3.63, 3.8) is 0 Å². The second kappa shape index (κ2) is 28.5. The van der Waals surface area contributed by atoms with Gasteiger partial charge in [-0.05, 0) is 18.1 Å².